The number of hydrogen-bond acceptors (Lipinski definition) is 5. The Balaban J connectivity index is 2.33. The minimum Gasteiger partial charge on any atom is -0.397 e. The third-order valence-electron chi connectivity index (χ3n) is 2.03. The van der Waals surface area contributed by atoms with Crippen molar-refractivity contribution >= 4 is 39.1 Å². The molecule has 0 spiro atoms. The second kappa shape index (κ2) is 4.54. The van der Waals surface area contributed by atoms with Gasteiger partial charge < -0.3 is 16.8 Å². The zero-order valence-electron chi connectivity index (χ0n) is 8.61. The first-order valence-electron chi connectivity index (χ1n) is 4.66. The monoisotopic (exact) mass is 297 g/mol. The summed E-state index contributed by atoms with van der Waals surface area (Å²) < 4.78 is 13.5. The van der Waals surface area contributed by atoms with Crippen LogP contribution in [0.2, 0.25) is 0 Å². The molecule has 0 aliphatic rings. The Kier molecular flexibility index (Phi) is 3.10. The van der Waals surface area contributed by atoms with E-state index >= 15 is 0 Å². The van der Waals surface area contributed by atoms with Gasteiger partial charge in [0, 0.05) is 12.3 Å². The fraction of sp³-hybridized carbons (Fsp3) is 0. The average molecular weight is 298 g/mol. The maximum absolute atomic E-state index is 13.2. The van der Waals surface area contributed by atoms with E-state index in [1.54, 1.807) is 6.07 Å². The summed E-state index contributed by atoms with van der Waals surface area (Å²) in [7, 11) is 0. The Morgan fingerprint density at radius 1 is 1.29 bits per heavy atom. The third-order valence-corrected chi connectivity index (χ3v) is 2.64. The molecule has 5 nitrogen and oxygen atoms in total. The number of nitrogens with two attached hydrogens (primary N) is 2. The number of benzene rings is 1. The molecule has 7 heteroatoms. The van der Waals surface area contributed by atoms with Crippen molar-refractivity contribution in [1.29, 1.82) is 0 Å². The number of halogens is 2. The minimum absolute atomic E-state index is 0.148. The summed E-state index contributed by atoms with van der Waals surface area (Å²) in [5, 5.41) is 2.93. The van der Waals surface area contributed by atoms with Crippen LogP contribution in [0.4, 0.5) is 27.5 Å². The van der Waals surface area contributed by atoms with Gasteiger partial charge >= 0.3 is 0 Å². The standard InChI is InChI=1S/C10H9BrFN5/c11-5-3-8(7(13)4-6(5)12)16-9-1-2-15-10(14)17-9/h1-4H,13H2,(H3,14,15,16,17). The summed E-state index contributed by atoms with van der Waals surface area (Å²) in [6.45, 7) is 0. The molecular weight excluding hydrogens is 289 g/mol. The summed E-state index contributed by atoms with van der Waals surface area (Å²) in [5.74, 6) is 0.215. The van der Waals surface area contributed by atoms with Crippen molar-refractivity contribution in [3.05, 3.63) is 34.7 Å². The van der Waals surface area contributed by atoms with Gasteiger partial charge in [-0.25, -0.2) is 9.37 Å². The first-order chi connectivity index (χ1) is 8.06. The summed E-state index contributed by atoms with van der Waals surface area (Å²) >= 11 is 3.08. The van der Waals surface area contributed by atoms with Crippen LogP contribution in [0.25, 0.3) is 0 Å². The molecule has 0 aliphatic carbocycles. The van der Waals surface area contributed by atoms with E-state index in [-0.39, 0.29) is 11.6 Å². The van der Waals surface area contributed by atoms with Crippen LogP contribution in [0, 0.1) is 5.82 Å². The molecule has 1 aromatic carbocycles. The lowest BCUT2D eigenvalue weighted by molar-refractivity contribution is 0.622. The summed E-state index contributed by atoms with van der Waals surface area (Å²) in [6, 6.07) is 4.38. The van der Waals surface area contributed by atoms with Crippen molar-refractivity contribution in [3.8, 4) is 0 Å². The molecule has 2 aromatic rings. The number of nitrogens with zero attached hydrogens (tertiary/aromatic N) is 2. The van der Waals surface area contributed by atoms with Gasteiger partial charge in [0.25, 0.3) is 0 Å². The van der Waals surface area contributed by atoms with Gasteiger partial charge in [-0.3, -0.25) is 0 Å². The lowest BCUT2D eigenvalue weighted by atomic mass is 10.2. The van der Waals surface area contributed by atoms with E-state index in [4.69, 9.17) is 11.5 Å². The molecule has 17 heavy (non-hydrogen) atoms. The molecule has 0 aliphatic heterocycles. The van der Waals surface area contributed by atoms with Crippen molar-refractivity contribution in [3.63, 3.8) is 0 Å². The van der Waals surface area contributed by atoms with Gasteiger partial charge in [-0.2, -0.15) is 4.98 Å². The van der Waals surface area contributed by atoms with E-state index in [9.17, 15) is 4.39 Å². The van der Waals surface area contributed by atoms with Crippen LogP contribution in [-0.2, 0) is 0 Å². The fourth-order valence-electron chi connectivity index (χ4n) is 1.25. The molecule has 1 aromatic heterocycles. The number of nitrogen functional groups attached to an aromatic ring is 2. The second-order valence-electron chi connectivity index (χ2n) is 3.28. The molecule has 0 unspecified atom stereocenters. The maximum atomic E-state index is 13.2. The van der Waals surface area contributed by atoms with Crippen molar-refractivity contribution in [2.24, 2.45) is 0 Å². The van der Waals surface area contributed by atoms with Gasteiger partial charge in [0.1, 0.15) is 11.6 Å². The van der Waals surface area contributed by atoms with E-state index in [2.05, 4.69) is 31.2 Å². The van der Waals surface area contributed by atoms with Gasteiger partial charge in [-0.1, -0.05) is 0 Å². The Labute approximate surface area is 105 Å². The highest BCUT2D eigenvalue weighted by Gasteiger charge is 2.06. The molecule has 0 saturated carbocycles. The third kappa shape index (κ3) is 2.62. The second-order valence-corrected chi connectivity index (χ2v) is 4.13. The Morgan fingerprint density at radius 2 is 2.06 bits per heavy atom. The lowest BCUT2D eigenvalue weighted by Gasteiger charge is -2.09. The topological polar surface area (TPSA) is 89.8 Å². The molecule has 0 amide bonds. The number of rotatable bonds is 2. The highest BCUT2D eigenvalue weighted by atomic mass is 79.9. The molecule has 88 valence electrons. The lowest BCUT2D eigenvalue weighted by Crippen LogP contribution is -2.01. The van der Waals surface area contributed by atoms with Crippen LogP contribution in [0.3, 0.4) is 0 Å². The number of hydrogen-bond donors (Lipinski definition) is 3. The molecule has 0 fully saturated rings. The van der Waals surface area contributed by atoms with Gasteiger partial charge in [0.15, 0.2) is 0 Å². The molecule has 0 saturated heterocycles. The predicted molar refractivity (Wildman–Crippen MR) is 68.2 cm³/mol. The molecular formula is C10H9BrFN5. The van der Waals surface area contributed by atoms with Crippen LogP contribution < -0.4 is 16.8 Å². The highest BCUT2D eigenvalue weighted by molar-refractivity contribution is 9.10. The minimum atomic E-state index is -0.421. The van der Waals surface area contributed by atoms with Crippen molar-refractivity contribution in [2.45, 2.75) is 0 Å². The Hall–Kier alpha value is -1.89. The van der Waals surface area contributed by atoms with Gasteiger partial charge in [-0.05, 0) is 28.1 Å². The number of nitrogens with one attached hydrogen (secondary N) is 1. The largest absolute Gasteiger partial charge is 0.397 e. The van der Waals surface area contributed by atoms with Gasteiger partial charge in [-0.15, -0.1) is 0 Å². The van der Waals surface area contributed by atoms with E-state index in [1.165, 1.54) is 18.3 Å². The van der Waals surface area contributed by atoms with Crippen molar-refractivity contribution < 1.29 is 4.39 Å². The zero-order valence-corrected chi connectivity index (χ0v) is 10.2. The molecule has 0 bridgehead atoms. The van der Waals surface area contributed by atoms with Crippen LogP contribution >= 0.6 is 15.9 Å². The van der Waals surface area contributed by atoms with E-state index in [0.717, 1.165) is 0 Å². The normalized spacial score (nSPS) is 10.2. The Morgan fingerprint density at radius 3 is 2.76 bits per heavy atom. The highest BCUT2D eigenvalue weighted by Crippen LogP contribution is 2.28. The molecule has 0 atom stereocenters. The fourth-order valence-corrected chi connectivity index (χ4v) is 1.60. The summed E-state index contributed by atoms with van der Waals surface area (Å²) in [4.78, 5) is 7.71. The summed E-state index contributed by atoms with van der Waals surface area (Å²) in [6.07, 6.45) is 1.51. The van der Waals surface area contributed by atoms with Gasteiger partial charge in [0.2, 0.25) is 5.95 Å². The SMILES string of the molecule is Nc1nccc(Nc2cc(Br)c(F)cc2N)n1. The zero-order chi connectivity index (χ0) is 12.4. The van der Waals surface area contributed by atoms with Crippen LogP contribution in [0.15, 0.2) is 28.9 Å². The molecule has 1 heterocycles. The first kappa shape index (κ1) is 11.6. The van der Waals surface area contributed by atoms with E-state index in [0.29, 0.717) is 16.0 Å². The first-order valence-corrected chi connectivity index (χ1v) is 5.45. The van der Waals surface area contributed by atoms with E-state index < -0.39 is 5.82 Å². The molecule has 5 N–H and O–H groups in total. The molecule has 0 radical (unpaired) electrons. The molecule has 2 rings (SSSR count). The Bertz CT molecular complexity index is 560. The number of aromatic nitrogens is 2. The average Bonchev–Trinajstić information content (AvgIpc) is 2.26. The van der Waals surface area contributed by atoms with Crippen LogP contribution in [0.5, 0.6) is 0 Å². The smallest absolute Gasteiger partial charge is 0.221 e. The number of anilines is 4. The van der Waals surface area contributed by atoms with Crippen molar-refractivity contribution in [2.75, 3.05) is 16.8 Å². The van der Waals surface area contributed by atoms with E-state index in [1.807, 2.05) is 0 Å². The predicted octanol–water partition coefficient (Wildman–Crippen LogP) is 2.29. The van der Waals surface area contributed by atoms with Gasteiger partial charge in [0.05, 0.1) is 15.8 Å². The maximum Gasteiger partial charge on any atom is 0.221 e. The van der Waals surface area contributed by atoms with Crippen molar-refractivity contribution in [1.82, 2.24) is 9.97 Å². The quantitative estimate of drug-likeness (QED) is 0.740. The van der Waals surface area contributed by atoms with Crippen LogP contribution in [0.1, 0.15) is 0 Å². The summed E-state index contributed by atoms with van der Waals surface area (Å²) in [5.41, 5.74) is 11.9. The van der Waals surface area contributed by atoms with Crippen LogP contribution in [-0.4, -0.2) is 9.97 Å².